The molecule has 14 heavy (non-hydrogen) atoms. The lowest BCUT2D eigenvalue weighted by atomic mass is 10.3. The third kappa shape index (κ3) is 3.69. The van der Waals surface area contributed by atoms with Crippen molar-refractivity contribution in [1.82, 2.24) is 14.7 Å². The van der Waals surface area contributed by atoms with Gasteiger partial charge in [0.05, 0.1) is 0 Å². The Morgan fingerprint density at radius 1 is 1.57 bits per heavy atom. The first-order valence-electron chi connectivity index (χ1n) is 4.57. The van der Waals surface area contributed by atoms with Gasteiger partial charge in [0, 0.05) is 18.1 Å². The maximum atomic E-state index is 11.2. The number of nitrogens with one attached hydrogen (secondary N) is 2. The average Bonchev–Trinajstić information content (AvgIpc) is 2.52. The van der Waals surface area contributed by atoms with E-state index in [-0.39, 0.29) is 6.03 Å². The topological polar surface area (TPSA) is 66.9 Å². The minimum Gasteiger partial charge on any atom is -0.338 e. The number of urea groups is 1. The highest BCUT2D eigenvalue weighted by atomic mass is 32.1. The maximum absolute atomic E-state index is 11.2. The van der Waals surface area contributed by atoms with Crippen LogP contribution in [-0.2, 0) is 0 Å². The monoisotopic (exact) mass is 214 g/mol. The van der Waals surface area contributed by atoms with E-state index < -0.39 is 0 Å². The molecule has 0 bridgehead atoms. The summed E-state index contributed by atoms with van der Waals surface area (Å²) >= 11 is 1.18. The Hall–Kier alpha value is -1.17. The molecular weight excluding hydrogens is 200 g/mol. The van der Waals surface area contributed by atoms with Crippen LogP contribution in [0.15, 0.2) is 0 Å². The minimum absolute atomic E-state index is 0.213. The van der Waals surface area contributed by atoms with E-state index in [4.69, 9.17) is 0 Å². The van der Waals surface area contributed by atoms with Crippen LogP contribution in [0.5, 0.6) is 0 Å². The van der Waals surface area contributed by atoms with Crippen LogP contribution in [0.1, 0.15) is 25.6 Å². The van der Waals surface area contributed by atoms with Crippen molar-refractivity contribution >= 4 is 22.7 Å². The molecule has 0 aliphatic heterocycles. The van der Waals surface area contributed by atoms with Gasteiger partial charge in [-0.1, -0.05) is 13.3 Å². The molecule has 1 aromatic heterocycles. The molecule has 0 unspecified atom stereocenters. The SMILES string of the molecule is CCCCNC(=O)Nc1nc(C)ns1. The Bertz CT molecular complexity index is 299. The predicted molar refractivity (Wildman–Crippen MR) is 56.6 cm³/mol. The summed E-state index contributed by atoms with van der Waals surface area (Å²) in [6, 6.07) is -0.213. The van der Waals surface area contributed by atoms with Gasteiger partial charge in [-0.15, -0.1) is 0 Å². The molecule has 0 aromatic carbocycles. The van der Waals surface area contributed by atoms with E-state index >= 15 is 0 Å². The third-order valence-corrected chi connectivity index (χ3v) is 2.29. The molecule has 0 fully saturated rings. The zero-order valence-electron chi connectivity index (χ0n) is 8.33. The molecule has 2 amide bonds. The quantitative estimate of drug-likeness (QED) is 0.750. The van der Waals surface area contributed by atoms with E-state index in [0.29, 0.717) is 17.5 Å². The van der Waals surface area contributed by atoms with Crippen molar-refractivity contribution in [3.05, 3.63) is 5.82 Å². The van der Waals surface area contributed by atoms with Gasteiger partial charge in [-0.3, -0.25) is 5.32 Å². The van der Waals surface area contributed by atoms with Crippen LogP contribution in [0.3, 0.4) is 0 Å². The fraction of sp³-hybridized carbons (Fsp3) is 0.625. The maximum Gasteiger partial charge on any atom is 0.321 e. The van der Waals surface area contributed by atoms with Gasteiger partial charge < -0.3 is 5.32 Å². The number of hydrogen-bond acceptors (Lipinski definition) is 4. The highest BCUT2D eigenvalue weighted by Crippen LogP contribution is 2.09. The number of nitrogens with zero attached hydrogens (tertiary/aromatic N) is 2. The number of carbonyl (C=O) groups is 1. The summed E-state index contributed by atoms with van der Waals surface area (Å²) in [5, 5.41) is 5.89. The molecular formula is C8H14N4OS. The van der Waals surface area contributed by atoms with Crippen LogP contribution >= 0.6 is 11.5 Å². The van der Waals surface area contributed by atoms with Crippen LogP contribution in [0, 0.1) is 6.92 Å². The molecule has 0 aliphatic rings. The highest BCUT2D eigenvalue weighted by Gasteiger charge is 2.04. The highest BCUT2D eigenvalue weighted by molar-refractivity contribution is 7.09. The molecule has 0 saturated heterocycles. The Balaban J connectivity index is 2.27. The summed E-state index contributed by atoms with van der Waals surface area (Å²) in [6.45, 7) is 4.56. The predicted octanol–water partition coefficient (Wildman–Crippen LogP) is 1.77. The van der Waals surface area contributed by atoms with Crippen LogP contribution in [0.4, 0.5) is 9.93 Å². The number of carbonyl (C=O) groups excluding carboxylic acids is 1. The largest absolute Gasteiger partial charge is 0.338 e. The lowest BCUT2D eigenvalue weighted by molar-refractivity contribution is 0.252. The van der Waals surface area contributed by atoms with Crippen molar-refractivity contribution in [2.24, 2.45) is 0 Å². The van der Waals surface area contributed by atoms with Crippen LogP contribution in [-0.4, -0.2) is 21.9 Å². The number of amides is 2. The first kappa shape index (κ1) is 10.9. The van der Waals surface area contributed by atoms with Crippen molar-refractivity contribution in [3.63, 3.8) is 0 Å². The normalized spacial score (nSPS) is 9.86. The van der Waals surface area contributed by atoms with Gasteiger partial charge in [-0.25, -0.2) is 9.78 Å². The Morgan fingerprint density at radius 2 is 2.36 bits per heavy atom. The van der Waals surface area contributed by atoms with E-state index in [1.807, 2.05) is 0 Å². The molecule has 0 saturated carbocycles. The van der Waals surface area contributed by atoms with Crippen molar-refractivity contribution in [2.75, 3.05) is 11.9 Å². The van der Waals surface area contributed by atoms with Gasteiger partial charge >= 0.3 is 6.03 Å². The lowest BCUT2D eigenvalue weighted by Crippen LogP contribution is -2.29. The van der Waals surface area contributed by atoms with Crippen LogP contribution in [0.2, 0.25) is 0 Å². The fourth-order valence-corrected chi connectivity index (χ4v) is 1.44. The molecule has 1 rings (SSSR count). The number of unbranched alkanes of at least 4 members (excludes halogenated alkanes) is 1. The van der Waals surface area contributed by atoms with E-state index in [1.54, 1.807) is 6.92 Å². The zero-order valence-corrected chi connectivity index (χ0v) is 9.15. The molecule has 0 spiro atoms. The molecule has 2 N–H and O–H groups in total. The molecule has 0 radical (unpaired) electrons. The van der Waals surface area contributed by atoms with Crippen molar-refractivity contribution in [1.29, 1.82) is 0 Å². The Morgan fingerprint density at radius 3 is 2.93 bits per heavy atom. The van der Waals surface area contributed by atoms with Gasteiger partial charge in [0.2, 0.25) is 5.13 Å². The number of rotatable bonds is 4. The molecule has 78 valence electrons. The van der Waals surface area contributed by atoms with Gasteiger partial charge in [-0.2, -0.15) is 4.37 Å². The van der Waals surface area contributed by atoms with E-state index in [0.717, 1.165) is 12.8 Å². The summed E-state index contributed by atoms with van der Waals surface area (Å²) in [6.07, 6.45) is 2.06. The minimum atomic E-state index is -0.213. The fourth-order valence-electron chi connectivity index (χ4n) is 0.868. The molecule has 1 heterocycles. The van der Waals surface area contributed by atoms with Crippen molar-refractivity contribution in [2.45, 2.75) is 26.7 Å². The number of anilines is 1. The van der Waals surface area contributed by atoms with E-state index in [1.165, 1.54) is 11.5 Å². The molecule has 1 aromatic rings. The van der Waals surface area contributed by atoms with Gasteiger partial charge in [0.15, 0.2) is 0 Å². The summed E-state index contributed by atoms with van der Waals surface area (Å²) in [5.74, 6) is 0.679. The molecule has 0 aliphatic carbocycles. The van der Waals surface area contributed by atoms with E-state index in [9.17, 15) is 4.79 Å². The second-order valence-electron chi connectivity index (χ2n) is 2.88. The lowest BCUT2D eigenvalue weighted by Gasteiger charge is -2.02. The Kier molecular flexibility index (Phi) is 4.31. The van der Waals surface area contributed by atoms with Crippen LogP contribution in [0.25, 0.3) is 0 Å². The van der Waals surface area contributed by atoms with Gasteiger partial charge in [-0.05, 0) is 13.3 Å². The van der Waals surface area contributed by atoms with Crippen LogP contribution < -0.4 is 10.6 Å². The number of aryl methyl sites for hydroxylation is 1. The zero-order chi connectivity index (χ0) is 10.4. The van der Waals surface area contributed by atoms with Gasteiger partial charge in [0.1, 0.15) is 5.82 Å². The third-order valence-electron chi connectivity index (χ3n) is 1.56. The molecule has 0 atom stereocenters. The number of aromatic nitrogens is 2. The molecule has 6 heteroatoms. The van der Waals surface area contributed by atoms with Crippen molar-refractivity contribution in [3.8, 4) is 0 Å². The van der Waals surface area contributed by atoms with E-state index in [2.05, 4.69) is 26.9 Å². The van der Waals surface area contributed by atoms with Gasteiger partial charge in [0.25, 0.3) is 0 Å². The summed E-state index contributed by atoms with van der Waals surface area (Å²) in [5.41, 5.74) is 0. The number of hydrogen-bond donors (Lipinski definition) is 2. The summed E-state index contributed by atoms with van der Waals surface area (Å²) in [7, 11) is 0. The van der Waals surface area contributed by atoms with Crippen molar-refractivity contribution < 1.29 is 4.79 Å². The first-order valence-corrected chi connectivity index (χ1v) is 5.35. The summed E-state index contributed by atoms with van der Waals surface area (Å²) in [4.78, 5) is 15.2. The first-order chi connectivity index (χ1) is 6.72. The summed E-state index contributed by atoms with van der Waals surface area (Å²) < 4.78 is 3.95. The average molecular weight is 214 g/mol. The Labute approximate surface area is 87.1 Å². The second kappa shape index (κ2) is 5.54. The smallest absolute Gasteiger partial charge is 0.321 e. The second-order valence-corrected chi connectivity index (χ2v) is 3.63. The molecule has 5 nitrogen and oxygen atoms in total. The standard InChI is InChI=1S/C8H14N4OS/c1-3-4-5-9-7(13)11-8-10-6(2)12-14-8/h3-5H2,1-2H3,(H2,9,10,11,12,13).